The zero-order valence-electron chi connectivity index (χ0n) is 12.1. The Morgan fingerprint density at radius 2 is 2.10 bits per heavy atom. The average Bonchev–Trinajstić information content (AvgIpc) is 2.80. The summed E-state index contributed by atoms with van der Waals surface area (Å²) < 4.78 is 4.18. The lowest BCUT2D eigenvalue weighted by Gasteiger charge is -2.09. The number of nitrogen functional groups attached to an aromatic ring is 1. The van der Waals surface area contributed by atoms with Gasteiger partial charge in [-0.15, -0.1) is 0 Å². The Bertz CT molecular complexity index is 597. The van der Waals surface area contributed by atoms with Crippen LogP contribution in [0.3, 0.4) is 0 Å². The Balaban J connectivity index is 2.01. The first-order valence-electron chi connectivity index (χ1n) is 6.76. The van der Waals surface area contributed by atoms with Gasteiger partial charge in [-0.1, -0.05) is 0 Å². The lowest BCUT2D eigenvalue weighted by Crippen LogP contribution is -2.31. The van der Waals surface area contributed by atoms with Gasteiger partial charge in [0.2, 0.25) is 5.91 Å². The Labute approximate surface area is 128 Å². The second-order valence-electron chi connectivity index (χ2n) is 4.91. The van der Waals surface area contributed by atoms with Crippen LogP contribution in [0, 0.1) is 0 Å². The summed E-state index contributed by atoms with van der Waals surface area (Å²) in [5.74, 6) is 0.515. The van der Waals surface area contributed by atoms with Gasteiger partial charge >= 0.3 is 0 Å². The maximum Gasteiger partial charge on any atom is 0.221 e. The van der Waals surface area contributed by atoms with E-state index in [1.807, 2.05) is 26.0 Å². The molecule has 0 aliphatic rings. The van der Waals surface area contributed by atoms with Crippen molar-refractivity contribution in [2.24, 2.45) is 0 Å². The summed E-state index contributed by atoms with van der Waals surface area (Å²) in [4.78, 5) is 15.6. The first-order valence-corrected chi connectivity index (χ1v) is 7.54. The minimum Gasteiger partial charge on any atom is -0.382 e. The topological polar surface area (TPSA) is 92.9 Å². The van der Waals surface area contributed by atoms with E-state index in [1.54, 1.807) is 12.4 Å². The van der Waals surface area contributed by atoms with Crippen molar-refractivity contribution in [3.63, 3.8) is 0 Å². The van der Waals surface area contributed by atoms with E-state index in [0.717, 1.165) is 16.1 Å². The molecule has 0 atom stereocenters. The fourth-order valence-corrected chi connectivity index (χ4v) is 2.67. The molecule has 0 aliphatic carbocycles. The number of hydrogen-bond acceptors (Lipinski definition) is 6. The molecule has 0 saturated heterocycles. The van der Waals surface area contributed by atoms with Crippen molar-refractivity contribution in [2.45, 2.75) is 26.3 Å². The van der Waals surface area contributed by atoms with Gasteiger partial charge in [0, 0.05) is 31.4 Å². The van der Waals surface area contributed by atoms with Crippen LogP contribution in [0.5, 0.6) is 0 Å². The van der Waals surface area contributed by atoms with Crippen molar-refractivity contribution in [1.82, 2.24) is 14.7 Å². The zero-order chi connectivity index (χ0) is 15.2. The van der Waals surface area contributed by atoms with Crippen LogP contribution in [-0.4, -0.2) is 27.9 Å². The number of nitrogens with two attached hydrogens (primary N) is 1. The highest BCUT2D eigenvalue weighted by atomic mass is 32.1. The highest BCUT2D eigenvalue weighted by Gasteiger charge is 2.13. The van der Waals surface area contributed by atoms with E-state index in [2.05, 4.69) is 20.0 Å². The van der Waals surface area contributed by atoms with E-state index in [4.69, 9.17) is 5.73 Å². The Morgan fingerprint density at radius 1 is 1.38 bits per heavy atom. The number of amides is 1. The third-order valence-electron chi connectivity index (χ3n) is 2.77. The Kier molecular flexibility index (Phi) is 5.10. The summed E-state index contributed by atoms with van der Waals surface area (Å²) >= 11 is 1.30. The number of anilines is 2. The van der Waals surface area contributed by atoms with Gasteiger partial charge in [0.1, 0.15) is 10.8 Å². The molecule has 0 saturated carbocycles. The van der Waals surface area contributed by atoms with Gasteiger partial charge in [0.05, 0.1) is 5.56 Å². The molecule has 0 fully saturated rings. The second-order valence-corrected chi connectivity index (χ2v) is 5.68. The molecule has 0 bridgehead atoms. The SMILES string of the molecule is CC(C)NC(=O)CCNc1snc(N)c1-c1ccncc1. The zero-order valence-corrected chi connectivity index (χ0v) is 12.9. The predicted molar refractivity (Wildman–Crippen MR) is 86.1 cm³/mol. The van der Waals surface area contributed by atoms with Crippen molar-refractivity contribution in [1.29, 1.82) is 0 Å². The van der Waals surface area contributed by atoms with Gasteiger partial charge in [0.15, 0.2) is 0 Å². The van der Waals surface area contributed by atoms with Crippen LogP contribution in [-0.2, 0) is 4.79 Å². The number of nitrogens with zero attached hydrogens (tertiary/aromatic N) is 2. The number of aromatic nitrogens is 2. The van der Waals surface area contributed by atoms with Gasteiger partial charge in [-0.3, -0.25) is 9.78 Å². The molecule has 2 aromatic rings. The number of hydrogen-bond donors (Lipinski definition) is 3. The maximum absolute atomic E-state index is 11.6. The maximum atomic E-state index is 11.6. The monoisotopic (exact) mass is 305 g/mol. The van der Waals surface area contributed by atoms with Gasteiger partial charge in [0.25, 0.3) is 0 Å². The summed E-state index contributed by atoms with van der Waals surface area (Å²) in [6, 6.07) is 3.93. The van der Waals surface area contributed by atoms with Gasteiger partial charge in [-0.05, 0) is 43.1 Å². The summed E-state index contributed by atoms with van der Waals surface area (Å²) in [6.07, 6.45) is 3.84. The number of nitrogens with one attached hydrogen (secondary N) is 2. The van der Waals surface area contributed by atoms with Crippen LogP contribution in [0.2, 0.25) is 0 Å². The summed E-state index contributed by atoms with van der Waals surface area (Å²) in [6.45, 7) is 4.42. The molecule has 7 heteroatoms. The standard InChI is InChI=1S/C14H19N5OS/c1-9(2)18-11(20)5-8-17-14-12(13(15)19-21-14)10-3-6-16-7-4-10/h3-4,6-7,9,17H,5,8H2,1-2H3,(H2,15,19)(H,18,20). The Hall–Kier alpha value is -2.15. The normalized spacial score (nSPS) is 10.6. The fourth-order valence-electron chi connectivity index (χ4n) is 1.90. The summed E-state index contributed by atoms with van der Waals surface area (Å²) in [7, 11) is 0. The van der Waals surface area contributed by atoms with Crippen molar-refractivity contribution in [3.05, 3.63) is 24.5 Å². The molecule has 1 amide bonds. The van der Waals surface area contributed by atoms with E-state index < -0.39 is 0 Å². The first-order chi connectivity index (χ1) is 10.1. The third-order valence-corrected chi connectivity index (χ3v) is 3.59. The fraction of sp³-hybridized carbons (Fsp3) is 0.357. The van der Waals surface area contributed by atoms with Crippen molar-refractivity contribution in [3.8, 4) is 11.1 Å². The molecular formula is C14H19N5OS. The van der Waals surface area contributed by atoms with E-state index in [0.29, 0.717) is 18.8 Å². The van der Waals surface area contributed by atoms with Gasteiger partial charge in [-0.2, -0.15) is 4.37 Å². The number of carbonyl (C=O) groups excluding carboxylic acids is 1. The molecule has 2 heterocycles. The van der Waals surface area contributed by atoms with E-state index in [1.165, 1.54) is 11.5 Å². The smallest absolute Gasteiger partial charge is 0.221 e. The van der Waals surface area contributed by atoms with E-state index in [9.17, 15) is 4.79 Å². The number of carbonyl (C=O) groups is 1. The summed E-state index contributed by atoms with van der Waals surface area (Å²) in [5, 5.41) is 6.96. The lowest BCUT2D eigenvalue weighted by atomic mass is 10.1. The summed E-state index contributed by atoms with van der Waals surface area (Å²) in [5.41, 5.74) is 7.76. The molecule has 0 aliphatic heterocycles. The highest BCUT2D eigenvalue weighted by Crippen LogP contribution is 2.36. The first kappa shape index (κ1) is 15.2. The molecule has 6 nitrogen and oxygen atoms in total. The largest absolute Gasteiger partial charge is 0.382 e. The van der Waals surface area contributed by atoms with Crippen LogP contribution in [0.1, 0.15) is 20.3 Å². The van der Waals surface area contributed by atoms with Crippen LogP contribution < -0.4 is 16.4 Å². The van der Waals surface area contributed by atoms with Crippen LogP contribution in [0.4, 0.5) is 10.8 Å². The van der Waals surface area contributed by atoms with Crippen LogP contribution in [0.15, 0.2) is 24.5 Å². The quantitative estimate of drug-likeness (QED) is 0.760. The molecule has 112 valence electrons. The third kappa shape index (κ3) is 4.16. The Morgan fingerprint density at radius 3 is 2.76 bits per heavy atom. The van der Waals surface area contributed by atoms with E-state index in [-0.39, 0.29) is 11.9 Å². The molecular weight excluding hydrogens is 286 g/mol. The van der Waals surface area contributed by atoms with Gasteiger partial charge in [-0.25, -0.2) is 0 Å². The number of rotatable bonds is 6. The van der Waals surface area contributed by atoms with Crippen LogP contribution >= 0.6 is 11.5 Å². The minimum atomic E-state index is 0.0282. The lowest BCUT2D eigenvalue weighted by molar-refractivity contribution is -0.121. The molecule has 2 rings (SSSR count). The minimum absolute atomic E-state index is 0.0282. The highest BCUT2D eigenvalue weighted by molar-refractivity contribution is 7.11. The van der Waals surface area contributed by atoms with Gasteiger partial charge < -0.3 is 16.4 Å². The van der Waals surface area contributed by atoms with E-state index >= 15 is 0 Å². The second kappa shape index (κ2) is 7.03. The van der Waals surface area contributed by atoms with Crippen molar-refractivity contribution < 1.29 is 4.79 Å². The molecule has 0 radical (unpaired) electrons. The molecule has 4 N–H and O–H groups in total. The molecule has 2 aromatic heterocycles. The van der Waals surface area contributed by atoms with Crippen molar-refractivity contribution in [2.75, 3.05) is 17.6 Å². The molecule has 0 aromatic carbocycles. The average molecular weight is 305 g/mol. The molecule has 0 spiro atoms. The van der Waals surface area contributed by atoms with Crippen molar-refractivity contribution >= 4 is 28.3 Å². The predicted octanol–water partition coefficient (Wildman–Crippen LogP) is 2.11. The van der Waals surface area contributed by atoms with Crippen LogP contribution in [0.25, 0.3) is 11.1 Å². The molecule has 21 heavy (non-hydrogen) atoms. The number of pyridine rings is 1. The molecule has 0 unspecified atom stereocenters.